The van der Waals surface area contributed by atoms with Gasteiger partial charge in [0.25, 0.3) is 0 Å². The lowest BCUT2D eigenvalue weighted by Gasteiger charge is -2.04. The summed E-state index contributed by atoms with van der Waals surface area (Å²) < 4.78 is 37.6. The zero-order chi connectivity index (χ0) is 9.30. The van der Waals surface area contributed by atoms with Crippen LogP contribution in [0, 0.1) is 17.5 Å². The molecule has 66 valence electrons. The van der Waals surface area contributed by atoms with Crippen molar-refractivity contribution >= 4 is 0 Å². The van der Waals surface area contributed by atoms with Gasteiger partial charge in [-0.1, -0.05) is 0 Å². The van der Waals surface area contributed by atoms with Crippen molar-refractivity contribution in [2.24, 2.45) is 5.73 Å². The molecule has 0 fully saturated rings. The molecule has 3 N–H and O–H groups in total. The lowest BCUT2D eigenvalue weighted by Crippen LogP contribution is -2.03. The molecule has 1 aromatic carbocycles. The van der Waals surface area contributed by atoms with Gasteiger partial charge in [0.1, 0.15) is 0 Å². The topological polar surface area (TPSA) is 46.2 Å². The second-order valence-electron chi connectivity index (χ2n) is 2.19. The van der Waals surface area contributed by atoms with Gasteiger partial charge in [0.15, 0.2) is 23.2 Å². The van der Waals surface area contributed by atoms with Crippen molar-refractivity contribution in [2.75, 3.05) is 0 Å². The Morgan fingerprint density at radius 2 is 1.83 bits per heavy atom. The standard InChI is InChI=1S/C7H6F3NO/c8-4-1-5(9)7(12)3(2-11)6(4)10/h1,12H,2,11H2. The number of halogens is 3. The Morgan fingerprint density at radius 1 is 1.25 bits per heavy atom. The molecular formula is C7H6F3NO. The van der Waals surface area contributed by atoms with Crippen LogP contribution < -0.4 is 5.73 Å². The van der Waals surface area contributed by atoms with Gasteiger partial charge in [0, 0.05) is 18.2 Å². The molecule has 12 heavy (non-hydrogen) atoms. The molecule has 0 spiro atoms. The van der Waals surface area contributed by atoms with Gasteiger partial charge in [-0.15, -0.1) is 0 Å². The Balaban J connectivity index is 3.42. The third-order valence-corrected chi connectivity index (χ3v) is 1.44. The van der Waals surface area contributed by atoms with Crippen LogP contribution >= 0.6 is 0 Å². The van der Waals surface area contributed by atoms with Gasteiger partial charge >= 0.3 is 0 Å². The minimum Gasteiger partial charge on any atom is -0.505 e. The van der Waals surface area contributed by atoms with E-state index in [0.717, 1.165) is 0 Å². The molecule has 0 radical (unpaired) electrons. The summed E-state index contributed by atoms with van der Waals surface area (Å²) in [6, 6.07) is 0.268. The maximum Gasteiger partial charge on any atom is 0.168 e. The van der Waals surface area contributed by atoms with Gasteiger partial charge in [-0.25, -0.2) is 13.2 Å². The number of phenolic OH excluding ortho intramolecular Hbond substituents is 1. The first kappa shape index (κ1) is 8.86. The number of hydrogen-bond acceptors (Lipinski definition) is 2. The molecule has 0 saturated carbocycles. The van der Waals surface area contributed by atoms with Crippen LogP contribution in [0.4, 0.5) is 13.2 Å². The summed E-state index contributed by atoms with van der Waals surface area (Å²) in [6.07, 6.45) is 0. The quantitative estimate of drug-likeness (QED) is 0.634. The lowest BCUT2D eigenvalue weighted by molar-refractivity contribution is 0.403. The summed E-state index contributed by atoms with van der Waals surface area (Å²) in [5, 5.41) is 8.84. The van der Waals surface area contributed by atoms with Crippen molar-refractivity contribution in [3.8, 4) is 5.75 Å². The predicted molar refractivity (Wildman–Crippen MR) is 35.9 cm³/mol. The maximum atomic E-state index is 12.7. The number of aromatic hydroxyl groups is 1. The minimum atomic E-state index is -1.36. The lowest BCUT2D eigenvalue weighted by atomic mass is 10.1. The third kappa shape index (κ3) is 1.23. The molecule has 0 bridgehead atoms. The second kappa shape index (κ2) is 3.02. The van der Waals surface area contributed by atoms with Crippen molar-refractivity contribution in [3.63, 3.8) is 0 Å². The van der Waals surface area contributed by atoms with Crippen LogP contribution in [0.15, 0.2) is 6.07 Å². The summed E-state index contributed by atoms with van der Waals surface area (Å²) in [4.78, 5) is 0. The highest BCUT2D eigenvalue weighted by molar-refractivity contribution is 5.35. The monoisotopic (exact) mass is 177 g/mol. The van der Waals surface area contributed by atoms with Crippen molar-refractivity contribution in [1.82, 2.24) is 0 Å². The summed E-state index contributed by atoms with van der Waals surface area (Å²) in [5.41, 5.74) is 4.41. The van der Waals surface area contributed by atoms with Crippen LogP contribution in [0.1, 0.15) is 5.56 Å². The Hall–Kier alpha value is -1.23. The average molecular weight is 177 g/mol. The normalized spacial score (nSPS) is 10.3. The van der Waals surface area contributed by atoms with E-state index < -0.39 is 35.3 Å². The largest absolute Gasteiger partial charge is 0.505 e. The van der Waals surface area contributed by atoms with Crippen molar-refractivity contribution in [2.45, 2.75) is 6.54 Å². The molecule has 5 heteroatoms. The molecular weight excluding hydrogens is 171 g/mol. The Bertz CT molecular complexity index is 288. The summed E-state index contributed by atoms with van der Waals surface area (Å²) >= 11 is 0. The highest BCUT2D eigenvalue weighted by Gasteiger charge is 2.16. The van der Waals surface area contributed by atoms with E-state index in [9.17, 15) is 13.2 Å². The van der Waals surface area contributed by atoms with Crippen LogP contribution in [0.2, 0.25) is 0 Å². The van der Waals surface area contributed by atoms with Crippen LogP contribution in [0.3, 0.4) is 0 Å². The molecule has 0 aliphatic heterocycles. The first-order chi connectivity index (χ1) is 5.57. The van der Waals surface area contributed by atoms with E-state index in [0.29, 0.717) is 0 Å². The predicted octanol–water partition coefficient (Wildman–Crippen LogP) is 1.27. The molecule has 0 heterocycles. The van der Waals surface area contributed by atoms with Gasteiger partial charge in [0.2, 0.25) is 0 Å². The molecule has 0 atom stereocenters. The molecule has 0 saturated heterocycles. The van der Waals surface area contributed by atoms with E-state index in [2.05, 4.69) is 0 Å². The smallest absolute Gasteiger partial charge is 0.168 e. The van der Waals surface area contributed by atoms with Gasteiger partial charge in [-0.2, -0.15) is 0 Å². The Kier molecular flexibility index (Phi) is 2.23. The molecule has 0 unspecified atom stereocenters. The number of rotatable bonds is 1. The van der Waals surface area contributed by atoms with Crippen molar-refractivity contribution in [3.05, 3.63) is 29.1 Å². The second-order valence-corrected chi connectivity index (χ2v) is 2.19. The van der Waals surface area contributed by atoms with Crippen LogP contribution in [-0.4, -0.2) is 5.11 Å². The number of nitrogens with two attached hydrogens (primary N) is 1. The van der Waals surface area contributed by atoms with Gasteiger partial charge < -0.3 is 10.8 Å². The zero-order valence-electron chi connectivity index (χ0n) is 5.94. The van der Waals surface area contributed by atoms with E-state index >= 15 is 0 Å². The molecule has 1 aromatic rings. The SMILES string of the molecule is NCc1c(O)c(F)cc(F)c1F. The molecule has 0 aliphatic rings. The average Bonchev–Trinajstić information content (AvgIpc) is 2.02. The minimum absolute atomic E-state index is 0.268. The van der Waals surface area contributed by atoms with Gasteiger partial charge in [-0.05, 0) is 0 Å². The summed E-state index contributed by atoms with van der Waals surface area (Å²) in [5.74, 6) is -4.81. The van der Waals surface area contributed by atoms with Gasteiger partial charge in [0.05, 0.1) is 0 Å². The molecule has 1 rings (SSSR count). The third-order valence-electron chi connectivity index (χ3n) is 1.44. The molecule has 0 aromatic heterocycles. The van der Waals surface area contributed by atoms with Crippen LogP contribution in [-0.2, 0) is 6.54 Å². The fourth-order valence-electron chi connectivity index (χ4n) is 0.822. The molecule has 2 nitrogen and oxygen atoms in total. The fraction of sp³-hybridized carbons (Fsp3) is 0.143. The van der Waals surface area contributed by atoms with E-state index in [4.69, 9.17) is 10.8 Å². The van der Waals surface area contributed by atoms with Crippen molar-refractivity contribution in [1.29, 1.82) is 0 Å². The van der Waals surface area contributed by atoms with Crippen LogP contribution in [0.5, 0.6) is 5.75 Å². The van der Waals surface area contributed by atoms with Gasteiger partial charge in [-0.3, -0.25) is 0 Å². The fourth-order valence-corrected chi connectivity index (χ4v) is 0.822. The van der Waals surface area contributed by atoms with E-state index in [-0.39, 0.29) is 6.07 Å². The first-order valence-electron chi connectivity index (χ1n) is 3.13. The number of phenols is 1. The van der Waals surface area contributed by atoms with E-state index in [1.807, 2.05) is 0 Å². The zero-order valence-corrected chi connectivity index (χ0v) is 5.94. The summed E-state index contributed by atoms with van der Waals surface area (Å²) in [6.45, 7) is -0.452. The Labute approximate surface area is 66.4 Å². The van der Waals surface area contributed by atoms with Crippen molar-refractivity contribution < 1.29 is 18.3 Å². The number of hydrogen-bond donors (Lipinski definition) is 2. The highest BCUT2D eigenvalue weighted by atomic mass is 19.2. The van der Waals surface area contributed by atoms with Crippen LogP contribution in [0.25, 0.3) is 0 Å². The number of benzene rings is 1. The van der Waals surface area contributed by atoms with E-state index in [1.165, 1.54) is 0 Å². The Morgan fingerprint density at radius 3 is 2.33 bits per heavy atom. The molecule has 0 aliphatic carbocycles. The first-order valence-corrected chi connectivity index (χ1v) is 3.13. The highest BCUT2D eigenvalue weighted by Crippen LogP contribution is 2.25. The molecule has 0 amide bonds. The summed E-state index contributed by atoms with van der Waals surface area (Å²) in [7, 11) is 0. The van der Waals surface area contributed by atoms with E-state index in [1.54, 1.807) is 0 Å². The maximum absolute atomic E-state index is 12.7.